The Kier molecular flexibility index (Phi) is 2.28. The van der Waals surface area contributed by atoms with Crippen LogP contribution in [0.3, 0.4) is 0 Å². The molecule has 0 atom stereocenters. The van der Waals surface area contributed by atoms with Crippen LogP contribution in [0, 0.1) is 5.41 Å². The average molecular weight is 167 g/mol. The number of pyridine rings is 1. The van der Waals surface area contributed by atoms with Gasteiger partial charge in [-0.1, -0.05) is 0 Å². The molecule has 0 aliphatic rings. The third kappa shape index (κ3) is 1.37. The highest BCUT2D eigenvalue weighted by Gasteiger charge is 2.14. The number of hydrogen-bond donors (Lipinski definition) is 1. The molecule has 0 spiro atoms. The summed E-state index contributed by atoms with van der Waals surface area (Å²) in [6.07, 6.45) is 1.53. The van der Waals surface area contributed by atoms with Crippen LogP contribution in [0.25, 0.3) is 0 Å². The van der Waals surface area contributed by atoms with E-state index in [-0.39, 0.29) is 11.5 Å². The van der Waals surface area contributed by atoms with Gasteiger partial charge in [0.25, 0.3) is 0 Å². The molecule has 3 N–H and O–H groups in total. The SMILES string of the molecule is COc1ccnc(C(C)=N)c1[OH2+]. The highest BCUT2D eigenvalue weighted by Crippen LogP contribution is 2.27. The van der Waals surface area contributed by atoms with E-state index in [1.54, 1.807) is 13.0 Å². The summed E-state index contributed by atoms with van der Waals surface area (Å²) in [6, 6.07) is 1.61. The zero-order chi connectivity index (χ0) is 9.14. The summed E-state index contributed by atoms with van der Waals surface area (Å²) >= 11 is 0. The molecule has 1 aromatic rings. The maximum absolute atomic E-state index is 7.55. The Labute approximate surface area is 70.3 Å². The smallest absolute Gasteiger partial charge is 0.324 e. The van der Waals surface area contributed by atoms with E-state index >= 15 is 0 Å². The molecule has 0 bridgehead atoms. The van der Waals surface area contributed by atoms with E-state index in [9.17, 15) is 0 Å². The molecule has 1 aromatic heterocycles. The van der Waals surface area contributed by atoms with Crippen LogP contribution in [0.2, 0.25) is 0 Å². The van der Waals surface area contributed by atoms with Crippen molar-refractivity contribution in [2.45, 2.75) is 6.92 Å². The standard InChI is InChI=1S/C8H10N2O2/c1-5(9)7-8(11)6(12-2)3-4-10-7/h3-4,9,11H,1-2H3/p+1. The molecule has 4 nitrogen and oxygen atoms in total. The van der Waals surface area contributed by atoms with Gasteiger partial charge in [-0.05, 0) is 6.92 Å². The summed E-state index contributed by atoms with van der Waals surface area (Å²) in [4.78, 5) is 3.89. The lowest BCUT2D eigenvalue weighted by Crippen LogP contribution is -1.98. The van der Waals surface area contributed by atoms with Crippen molar-refractivity contribution in [2.24, 2.45) is 0 Å². The second-order valence-electron chi connectivity index (χ2n) is 2.36. The second-order valence-corrected chi connectivity index (χ2v) is 2.36. The predicted molar refractivity (Wildman–Crippen MR) is 46.4 cm³/mol. The van der Waals surface area contributed by atoms with Gasteiger partial charge in [0.1, 0.15) is 0 Å². The minimum atomic E-state index is 0.174. The number of hydrogen-bond acceptors (Lipinski definition) is 3. The summed E-state index contributed by atoms with van der Waals surface area (Å²) < 4.78 is 4.91. The van der Waals surface area contributed by atoms with Crippen molar-refractivity contribution in [1.29, 1.82) is 5.41 Å². The third-order valence-electron chi connectivity index (χ3n) is 1.49. The molecular weight excluding hydrogens is 156 g/mol. The molecule has 4 heteroatoms. The van der Waals surface area contributed by atoms with Crippen molar-refractivity contribution in [2.75, 3.05) is 7.11 Å². The van der Waals surface area contributed by atoms with Gasteiger partial charge in [0.2, 0.25) is 5.75 Å². The van der Waals surface area contributed by atoms with E-state index < -0.39 is 0 Å². The van der Waals surface area contributed by atoms with Gasteiger partial charge in [0.05, 0.1) is 12.8 Å². The molecule has 0 aliphatic heterocycles. The van der Waals surface area contributed by atoms with Crippen LogP contribution in [-0.2, 0) is 0 Å². The Morgan fingerprint density at radius 1 is 1.67 bits per heavy atom. The van der Waals surface area contributed by atoms with Crippen LogP contribution in [0.1, 0.15) is 12.6 Å². The van der Waals surface area contributed by atoms with Crippen molar-refractivity contribution in [3.05, 3.63) is 18.0 Å². The molecule has 1 rings (SSSR count). The Morgan fingerprint density at radius 2 is 2.33 bits per heavy atom. The van der Waals surface area contributed by atoms with Crippen LogP contribution >= 0.6 is 0 Å². The minimum absolute atomic E-state index is 0.174. The van der Waals surface area contributed by atoms with Gasteiger partial charge in [-0.2, -0.15) is 0 Å². The molecule has 64 valence electrons. The first kappa shape index (κ1) is 8.52. The van der Waals surface area contributed by atoms with E-state index in [0.717, 1.165) is 0 Å². The van der Waals surface area contributed by atoms with E-state index in [0.29, 0.717) is 11.4 Å². The molecule has 12 heavy (non-hydrogen) atoms. The van der Waals surface area contributed by atoms with Gasteiger partial charge < -0.3 is 15.3 Å². The van der Waals surface area contributed by atoms with Crippen molar-refractivity contribution < 1.29 is 9.84 Å². The lowest BCUT2D eigenvalue weighted by Gasteiger charge is -2.02. The second kappa shape index (κ2) is 3.21. The van der Waals surface area contributed by atoms with Crippen LogP contribution in [-0.4, -0.2) is 22.9 Å². The van der Waals surface area contributed by atoms with E-state index in [1.807, 2.05) is 0 Å². The maximum Gasteiger partial charge on any atom is 0.324 e. The Bertz CT molecular complexity index is 310. The van der Waals surface area contributed by atoms with Gasteiger partial charge >= 0.3 is 5.75 Å². The van der Waals surface area contributed by atoms with Crippen molar-refractivity contribution in [1.82, 2.24) is 4.98 Å². The highest BCUT2D eigenvalue weighted by atomic mass is 16.5. The summed E-state index contributed by atoms with van der Waals surface area (Å²) in [5.74, 6) is 0.624. The fourth-order valence-electron chi connectivity index (χ4n) is 0.899. The van der Waals surface area contributed by atoms with Crippen molar-refractivity contribution in [3.63, 3.8) is 0 Å². The summed E-state index contributed by atoms with van der Waals surface area (Å²) in [5.41, 5.74) is 0.647. The number of rotatable bonds is 2. The molecule has 0 saturated carbocycles. The van der Waals surface area contributed by atoms with Crippen molar-refractivity contribution >= 4 is 5.71 Å². The lowest BCUT2D eigenvalue weighted by atomic mass is 10.2. The molecule has 0 amide bonds. The fraction of sp³-hybridized carbons (Fsp3) is 0.250. The fourth-order valence-corrected chi connectivity index (χ4v) is 0.899. The van der Waals surface area contributed by atoms with Gasteiger partial charge in [0.15, 0.2) is 5.69 Å². The monoisotopic (exact) mass is 167 g/mol. The topological polar surface area (TPSA) is 68.9 Å². The predicted octanol–water partition coefficient (Wildman–Crippen LogP) is 0.916. The average Bonchev–Trinajstić information content (AvgIpc) is 2.04. The maximum atomic E-state index is 7.55. The molecule has 0 unspecified atom stereocenters. The first-order chi connectivity index (χ1) is 5.66. The first-order valence-electron chi connectivity index (χ1n) is 3.47. The molecule has 0 fully saturated rings. The molecular formula is C8H11N2O2+. The number of ether oxygens (including phenoxy) is 1. The number of methoxy groups -OCH3 is 1. The summed E-state index contributed by atoms with van der Waals surface area (Å²) in [5, 5.41) is 14.9. The Morgan fingerprint density at radius 3 is 2.83 bits per heavy atom. The summed E-state index contributed by atoms with van der Waals surface area (Å²) in [7, 11) is 1.50. The highest BCUT2D eigenvalue weighted by molar-refractivity contribution is 5.97. The molecule has 1 heterocycles. The van der Waals surface area contributed by atoms with Crippen LogP contribution in [0.4, 0.5) is 0 Å². The quantitative estimate of drug-likeness (QED) is 0.525. The van der Waals surface area contributed by atoms with Crippen LogP contribution < -0.4 is 4.74 Å². The van der Waals surface area contributed by atoms with E-state index in [4.69, 9.17) is 15.3 Å². The van der Waals surface area contributed by atoms with E-state index in [1.165, 1.54) is 13.3 Å². The zero-order valence-electron chi connectivity index (χ0n) is 7.01. The van der Waals surface area contributed by atoms with Crippen molar-refractivity contribution in [3.8, 4) is 11.5 Å². The molecule has 0 radical (unpaired) electrons. The number of aromatic nitrogens is 1. The Balaban J connectivity index is 3.23. The summed E-state index contributed by atoms with van der Waals surface area (Å²) in [6.45, 7) is 1.60. The van der Waals surface area contributed by atoms with Gasteiger partial charge in [-0.25, -0.2) is 4.98 Å². The van der Waals surface area contributed by atoms with Gasteiger partial charge in [-0.3, -0.25) is 0 Å². The Hall–Kier alpha value is -1.58. The third-order valence-corrected chi connectivity index (χ3v) is 1.49. The molecule has 0 aromatic carbocycles. The van der Waals surface area contributed by atoms with Crippen LogP contribution in [0.15, 0.2) is 12.3 Å². The number of nitrogens with one attached hydrogen (secondary N) is 1. The zero-order valence-corrected chi connectivity index (χ0v) is 7.01. The van der Waals surface area contributed by atoms with E-state index in [2.05, 4.69) is 4.98 Å². The number of nitrogens with zero attached hydrogens (tertiary/aromatic N) is 1. The normalized spacial score (nSPS) is 9.50. The molecule has 0 saturated heterocycles. The molecule has 0 aliphatic carbocycles. The van der Waals surface area contributed by atoms with Crippen LogP contribution in [0.5, 0.6) is 11.5 Å². The lowest BCUT2D eigenvalue weighted by molar-refractivity contribution is 0.371. The van der Waals surface area contributed by atoms with Gasteiger partial charge in [0, 0.05) is 12.3 Å². The van der Waals surface area contributed by atoms with Gasteiger partial charge in [-0.15, -0.1) is 0 Å². The minimum Gasteiger partial charge on any atom is -0.589 e. The largest absolute Gasteiger partial charge is 0.589 e. The first-order valence-corrected chi connectivity index (χ1v) is 3.47.